The summed E-state index contributed by atoms with van der Waals surface area (Å²) in [6.45, 7) is 0.782. The molecule has 0 spiro atoms. The van der Waals surface area contributed by atoms with E-state index in [0.29, 0.717) is 12.1 Å². The van der Waals surface area contributed by atoms with Crippen LogP contribution in [0, 0.1) is 0 Å². The normalized spacial score (nSPS) is 14.2. The Kier molecular flexibility index (Phi) is 5.32. The molecule has 2 heterocycles. The van der Waals surface area contributed by atoms with Crippen LogP contribution in [0.2, 0.25) is 0 Å². The highest BCUT2D eigenvalue weighted by atomic mass is 32.2. The van der Waals surface area contributed by atoms with E-state index in [-0.39, 0.29) is 29.4 Å². The zero-order valence-corrected chi connectivity index (χ0v) is 14.5. The van der Waals surface area contributed by atoms with Crippen LogP contribution < -0.4 is 5.32 Å². The van der Waals surface area contributed by atoms with E-state index < -0.39 is 0 Å². The number of imide groups is 1. The van der Waals surface area contributed by atoms with Crippen molar-refractivity contribution in [3.63, 3.8) is 0 Å². The summed E-state index contributed by atoms with van der Waals surface area (Å²) >= 11 is 2.68. The van der Waals surface area contributed by atoms with E-state index in [1.807, 2.05) is 23.6 Å². The van der Waals surface area contributed by atoms with Crippen LogP contribution in [0.15, 0.2) is 41.8 Å². The van der Waals surface area contributed by atoms with Crippen LogP contribution in [-0.4, -0.2) is 34.3 Å². The average molecular weight is 360 g/mol. The first-order valence-electron chi connectivity index (χ1n) is 7.50. The fourth-order valence-electron chi connectivity index (χ4n) is 2.38. The number of thioether (sulfide) groups is 1. The van der Waals surface area contributed by atoms with Crippen molar-refractivity contribution < 1.29 is 14.4 Å². The van der Waals surface area contributed by atoms with Gasteiger partial charge in [0.2, 0.25) is 5.91 Å². The lowest BCUT2D eigenvalue weighted by Gasteiger charge is -2.13. The van der Waals surface area contributed by atoms with Crippen LogP contribution in [0.5, 0.6) is 0 Å². The van der Waals surface area contributed by atoms with Gasteiger partial charge in [-0.1, -0.05) is 30.0 Å². The van der Waals surface area contributed by atoms with Crippen LogP contribution in [0.4, 0.5) is 4.79 Å². The van der Waals surface area contributed by atoms with Crippen LogP contribution in [-0.2, 0) is 17.8 Å². The molecule has 0 unspecified atom stereocenters. The molecule has 5 nitrogen and oxygen atoms in total. The van der Waals surface area contributed by atoms with Gasteiger partial charge in [0.1, 0.15) is 0 Å². The lowest BCUT2D eigenvalue weighted by atomic mass is 10.1. The van der Waals surface area contributed by atoms with Crippen LogP contribution in [0.25, 0.3) is 0 Å². The number of hydrogen-bond donors (Lipinski definition) is 1. The summed E-state index contributed by atoms with van der Waals surface area (Å²) in [4.78, 5) is 38.0. The molecular weight excluding hydrogens is 344 g/mol. The largest absolute Gasteiger partial charge is 0.352 e. The van der Waals surface area contributed by atoms with Crippen molar-refractivity contribution in [2.24, 2.45) is 0 Å². The zero-order valence-electron chi connectivity index (χ0n) is 12.9. The Morgan fingerprint density at radius 2 is 2.08 bits per heavy atom. The van der Waals surface area contributed by atoms with Gasteiger partial charge in [-0.15, -0.1) is 11.3 Å². The minimum atomic E-state index is -0.231. The minimum absolute atomic E-state index is 0.151. The maximum Gasteiger partial charge on any atom is 0.289 e. The van der Waals surface area contributed by atoms with Crippen molar-refractivity contribution in [3.8, 4) is 0 Å². The van der Waals surface area contributed by atoms with Crippen LogP contribution in [0.1, 0.15) is 20.8 Å². The molecular formula is C17H16N2O3S2. The summed E-state index contributed by atoms with van der Waals surface area (Å²) in [5.41, 5.74) is 1.30. The fourth-order valence-corrected chi connectivity index (χ4v) is 3.82. The van der Waals surface area contributed by atoms with E-state index in [1.54, 1.807) is 29.5 Å². The predicted octanol–water partition coefficient (Wildman–Crippen LogP) is 2.92. The summed E-state index contributed by atoms with van der Waals surface area (Å²) in [6.07, 6.45) is 0.803. The van der Waals surface area contributed by atoms with Crippen molar-refractivity contribution in [1.29, 1.82) is 0 Å². The highest BCUT2D eigenvalue weighted by Gasteiger charge is 2.29. The van der Waals surface area contributed by atoms with Gasteiger partial charge in [-0.3, -0.25) is 19.3 Å². The van der Waals surface area contributed by atoms with Gasteiger partial charge >= 0.3 is 0 Å². The molecule has 0 atom stereocenters. The Labute approximate surface area is 148 Å². The first-order chi connectivity index (χ1) is 11.6. The van der Waals surface area contributed by atoms with Gasteiger partial charge in [0.25, 0.3) is 11.1 Å². The predicted molar refractivity (Wildman–Crippen MR) is 95.2 cm³/mol. The molecule has 1 saturated heterocycles. The first-order valence-corrected chi connectivity index (χ1v) is 9.36. The highest BCUT2D eigenvalue weighted by Crippen LogP contribution is 2.21. The SMILES string of the molecule is O=C(NCCc1cccs1)c1cccc(CN2C(=O)CSC2=O)c1. The van der Waals surface area contributed by atoms with Crippen molar-refractivity contribution in [2.75, 3.05) is 12.3 Å². The Morgan fingerprint density at radius 1 is 1.21 bits per heavy atom. The summed E-state index contributed by atoms with van der Waals surface area (Å²) < 4.78 is 0. The minimum Gasteiger partial charge on any atom is -0.352 e. The molecule has 7 heteroatoms. The van der Waals surface area contributed by atoms with Gasteiger partial charge < -0.3 is 5.32 Å². The first kappa shape index (κ1) is 16.7. The molecule has 1 aromatic carbocycles. The Hall–Kier alpha value is -2.12. The van der Waals surface area contributed by atoms with Gasteiger partial charge in [-0.25, -0.2) is 0 Å². The number of nitrogens with one attached hydrogen (secondary N) is 1. The van der Waals surface area contributed by atoms with Crippen molar-refractivity contribution >= 4 is 40.2 Å². The molecule has 0 bridgehead atoms. The second kappa shape index (κ2) is 7.63. The number of carbonyl (C=O) groups excluding carboxylic acids is 3. The third kappa shape index (κ3) is 4.04. The number of benzene rings is 1. The molecule has 2 aromatic rings. The van der Waals surface area contributed by atoms with Crippen LogP contribution in [0.3, 0.4) is 0 Å². The number of amides is 3. The van der Waals surface area contributed by atoms with E-state index in [1.165, 1.54) is 9.78 Å². The maximum atomic E-state index is 12.2. The molecule has 124 valence electrons. The molecule has 0 aliphatic carbocycles. The quantitative estimate of drug-likeness (QED) is 0.860. The van der Waals surface area contributed by atoms with Crippen molar-refractivity contribution in [3.05, 3.63) is 57.8 Å². The van der Waals surface area contributed by atoms with E-state index in [9.17, 15) is 14.4 Å². The zero-order chi connectivity index (χ0) is 16.9. The molecule has 1 N–H and O–H groups in total. The monoisotopic (exact) mass is 360 g/mol. The second-order valence-electron chi connectivity index (χ2n) is 5.32. The Balaban J connectivity index is 1.58. The van der Waals surface area contributed by atoms with Gasteiger partial charge in [-0.2, -0.15) is 0 Å². The molecule has 3 amide bonds. The van der Waals surface area contributed by atoms with E-state index in [2.05, 4.69) is 5.32 Å². The summed E-state index contributed by atoms with van der Waals surface area (Å²) in [7, 11) is 0. The summed E-state index contributed by atoms with van der Waals surface area (Å²) in [6, 6.07) is 11.1. The second-order valence-corrected chi connectivity index (χ2v) is 7.28. The van der Waals surface area contributed by atoms with Crippen molar-refractivity contribution in [2.45, 2.75) is 13.0 Å². The summed E-state index contributed by atoms with van der Waals surface area (Å²) in [5, 5.41) is 4.67. The number of nitrogens with zero attached hydrogens (tertiary/aromatic N) is 1. The van der Waals surface area contributed by atoms with Gasteiger partial charge in [-0.05, 0) is 35.6 Å². The number of hydrogen-bond acceptors (Lipinski definition) is 5. The van der Waals surface area contributed by atoms with E-state index in [0.717, 1.165) is 23.7 Å². The molecule has 0 saturated carbocycles. The van der Waals surface area contributed by atoms with Gasteiger partial charge in [0, 0.05) is 17.0 Å². The average Bonchev–Trinajstić information content (AvgIpc) is 3.20. The maximum absolute atomic E-state index is 12.2. The molecule has 1 aliphatic rings. The molecule has 24 heavy (non-hydrogen) atoms. The molecule has 0 radical (unpaired) electrons. The number of rotatable bonds is 6. The smallest absolute Gasteiger partial charge is 0.289 e. The number of thiophene rings is 1. The summed E-state index contributed by atoms with van der Waals surface area (Å²) in [5.74, 6) is -0.139. The van der Waals surface area contributed by atoms with Crippen LogP contribution >= 0.6 is 23.1 Å². The Bertz CT molecular complexity index is 743. The fraction of sp³-hybridized carbons (Fsp3) is 0.235. The van der Waals surface area contributed by atoms with Gasteiger partial charge in [0.05, 0.1) is 12.3 Å². The highest BCUT2D eigenvalue weighted by molar-refractivity contribution is 8.14. The third-order valence-electron chi connectivity index (χ3n) is 3.61. The van der Waals surface area contributed by atoms with E-state index >= 15 is 0 Å². The van der Waals surface area contributed by atoms with Crippen molar-refractivity contribution in [1.82, 2.24) is 10.2 Å². The molecule has 1 aliphatic heterocycles. The third-order valence-corrected chi connectivity index (χ3v) is 5.40. The topological polar surface area (TPSA) is 66.5 Å². The Morgan fingerprint density at radius 3 is 2.79 bits per heavy atom. The van der Waals surface area contributed by atoms with E-state index in [4.69, 9.17) is 0 Å². The molecule has 3 rings (SSSR count). The molecule has 1 fully saturated rings. The standard InChI is InChI=1S/C17H16N2O3S2/c20-15-11-24-17(22)19(15)10-12-3-1-4-13(9-12)16(21)18-7-6-14-5-2-8-23-14/h1-5,8-9H,6-7,10-11H2,(H,18,21). The lowest BCUT2D eigenvalue weighted by Crippen LogP contribution is -2.28. The molecule has 1 aromatic heterocycles. The lowest BCUT2D eigenvalue weighted by molar-refractivity contribution is -0.125. The number of carbonyl (C=O) groups is 3. The van der Waals surface area contributed by atoms with Gasteiger partial charge in [0.15, 0.2) is 0 Å².